The number of hydrogen-bond donors (Lipinski definition) is 3. The highest BCUT2D eigenvalue weighted by molar-refractivity contribution is 8.00. The van der Waals surface area contributed by atoms with E-state index in [4.69, 9.17) is 16.3 Å². The second-order valence-electron chi connectivity index (χ2n) is 8.48. The van der Waals surface area contributed by atoms with Crippen molar-refractivity contribution in [3.05, 3.63) is 125 Å². The number of anilines is 2. The average molecular weight is 572 g/mol. The molecule has 0 saturated carbocycles. The van der Waals surface area contributed by atoms with Crippen LogP contribution in [0.25, 0.3) is 6.08 Å². The maximum Gasteiger partial charge on any atom is 0.272 e. The Balaban J connectivity index is 1.44. The molecule has 0 aromatic heterocycles. The highest BCUT2D eigenvalue weighted by Gasteiger charge is 2.15. The molecule has 4 aromatic rings. The number of hydrogen-bond acceptors (Lipinski definition) is 5. The van der Waals surface area contributed by atoms with Crippen LogP contribution < -0.4 is 20.7 Å². The van der Waals surface area contributed by atoms with Gasteiger partial charge in [0.15, 0.2) is 0 Å². The Labute approximate surface area is 241 Å². The van der Waals surface area contributed by atoms with Gasteiger partial charge in [-0.2, -0.15) is 0 Å². The Bertz CT molecular complexity index is 1540. The zero-order chi connectivity index (χ0) is 28.3. The van der Waals surface area contributed by atoms with Crippen LogP contribution in [0, 0.1) is 0 Å². The summed E-state index contributed by atoms with van der Waals surface area (Å²) in [5.74, 6) is -0.292. The third kappa shape index (κ3) is 8.49. The number of benzene rings is 4. The number of halogens is 1. The number of carbonyl (C=O) groups excluding carboxylic acids is 3. The second kappa shape index (κ2) is 14.0. The van der Waals surface area contributed by atoms with Gasteiger partial charge in [-0.1, -0.05) is 54.1 Å². The summed E-state index contributed by atoms with van der Waals surface area (Å²) in [6, 6.07) is 29.8. The van der Waals surface area contributed by atoms with E-state index in [1.165, 1.54) is 11.8 Å². The van der Waals surface area contributed by atoms with Crippen molar-refractivity contribution in [3.8, 4) is 5.75 Å². The highest BCUT2D eigenvalue weighted by Crippen LogP contribution is 2.23. The Hall–Kier alpha value is -4.53. The van der Waals surface area contributed by atoms with E-state index in [1.807, 2.05) is 6.07 Å². The van der Waals surface area contributed by atoms with Crippen LogP contribution in [0.2, 0.25) is 5.02 Å². The molecule has 0 fully saturated rings. The Morgan fingerprint density at radius 2 is 1.55 bits per heavy atom. The van der Waals surface area contributed by atoms with Crippen LogP contribution in [0.4, 0.5) is 11.4 Å². The molecule has 0 heterocycles. The van der Waals surface area contributed by atoms with Crippen molar-refractivity contribution >= 4 is 58.5 Å². The molecule has 4 aromatic carbocycles. The van der Waals surface area contributed by atoms with Crippen LogP contribution in [0.3, 0.4) is 0 Å². The first-order valence-electron chi connectivity index (χ1n) is 12.2. The summed E-state index contributed by atoms with van der Waals surface area (Å²) < 4.78 is 5.19. The minimum atomic E-state index is -0.512. The summed E-state index contributed by atoms with van der Waals surface area (Å²) >= 11 is 7.44. The van der Waals surface area contributed by atoms with Gasteiger partial charge >= 0.3 is 0 Å². The largest absolute Gasteiger partial charge is 0.497 e. The van der Waals surface area contributed by atoms with Gasteiger partial charge in [0, 0.05) is 32.9 Å². The maximum absolute atomic E-state index is 13.3. The Morgan fingerprint density at radius 1 is 0.825 bits per heavy atom. The Morgan fingerprint density at radius 3 is 2.30 bits per heavy atom. The van der Waals surface area contributed by atoms with Gasteiger partial charge in [-0.05, 0) is 66.2 Å². The molecule has 0 unspecified atom stereocenters. The van der Waals surface area contributed by atoms with Crippen LogP contribution in [-0.4, -0.2) is 30.6 Å². The third-order valence-electron chi connectivity index (χ3n) is 5.50. The van der Waals surface area contributed by atoms with Crippen LogP contribution in [0.5, 0.6) is 5.75 Å². The van der Waals surface area contributed by atoms with E-state index in [1.54, 1.807) is 110 Å². The van der Waals surface area contributed by atoms with Gasteiger partial charge < -0.3 is 20.7 Å². The van der Waals surface area contributed by atoms with E-state index in [9.17, 15) is 14.4 Å². The fraction of sp³-hybridized carbons (Fsp3) is 0.0645. The molecule has 0 aliphatic heterocycles. The van der Waals surface area contributed by atoms with E-state index in [0.29, 0.717) is 33.3 Å². The number of ether oxygens (including phenoxy) is 1. The van der Waals surface area contributed by atoms with Crippen LogP contribution in [0.15, 0.2) is 114 Å². The predicted octanol–water partition coefficient (Wildman–Crippen LogP) is 6.49. The van der Waals surface area contributed by atoms with Crippen molar-refractivity contribution in [1.82, 2.24) is 5.32 Å². The molecule has 0 radical (unpaired) electrons. The quantitative estimate of drug-likeness (QED) is 0.149. The summed E-state index contributed by atoms with van der Waals surface area (Å²) in [6.07, 6.45) is 1.56. The number of amides is 3. The van der Waals surface area contributed by atoms with Gasteiger partial charge in [-0.3, -0.25) is 14.4 Å². The van der Waals surface area contributed by atoms with Gasteiger partial charge in [-0.25, -0.2) is 0 Å². The first kappa shape index (κ1) is 28.5. The molecule has 3 amide bonds. The van der Waals surface area contributed by atoms with Gasteiger partial charge in [0.25, 0.3) is 11.8 Å². The van der Waals surface area contributed by atoms with Crippen molar-refractivity contribution in [3.63, 3.8) is 0 Å². The van der Waals surface area contributed by atoms with Crippen molar-refractivity contribution in [2.24, 2.45) is 0 Å². The number of nitrogens with one attached hydrogen (secondary N) is 3. The zero-order valence-electron chi connectivity index (χ0n) is 21.5. The number of rotatable bonds is 10. The topological polar surface area (TPSA) is 96.5 Å². The standard InChI is InChI=1S/C31H26ClN3O4S/c1-39-26-14-6-12-24(18-26)33-29(36)20-40-27-15-7-13-25(19-27)34-31(38)28(17-21-8-5-11-23(32)16-21)35-30(37)22-9-3-2-4-10-22/h2-19H,20H2,1H3,(H,33,36)(H,34,38)(H,35,37)/b28-17-. The predicted molar refractivity (Wildman–Crippen MR) is 161 cm³/mol. The molecule has 202 valence electrons. The summed E-state index contributed by atoms with van der Waals surface area (Å²) in [6.45, 7) is 0. The molecule has 0 spiro atoms. The SMILES string of the molecule is COc1cccc(NC(=O)CSc2cccc(NC(=O)/C(=C/c3cccc(Cl)c3)NC(=O)c3ccccc3)c2)c1. The van der Waals surface area contributed by atoms with Crippen LogP contribution in [0.1, 0.15) is 15.9 Å². The minimum absolute atomic E-state index is 0.0480. The van der Waals surface area contributed by atoms with E-state index >= 15 is 0 Å². The van der Waals surface area contributed by atoms with E-state index in [-0.39, 0.29) is 17.4 Å². The lowest BCUT2D eigenvalue weighted by atomic mass is 10.1. The first-order chi connectivity index (χ1) is 19.4. The molecule has 9 heteroatoms. The summed E-state index contributed by atoms with van der Waals surface area (Å²) in [5.41, 5.74) is 2.26. The fourth-order valence-electron chi connectivity index (χ4n) is 3.61. The lowest BCUT2D eigenvalue weighted by Gasteiger charge is -2.12. The molecule has 0 aliphatic carbocycles. The fourth-order valence-corrected chi connectivity index (χ4v) is 4.57. The third-order valence-corrected chi connectivity index (χ3v) is 6.73. The van der Waals surface area contributed by atoms with E-state index < -0.39 is 11.8 Å². The van der Waals surface area contributed by atoms with Crippen LogP contribution in [-0.2, 0) is 9.59 Å². The van der Waals surface area contributed by atoms with Crippen molar-refractivity contribution in [2.75, 3.05) is 23.5 Å². The minimum Gasteiger partial charge on any atom is -0.497 e. The molecular weight excluding hydrogens is 546 g/mol. The van der Waals surface area contributed by atoms with E-state index in [0.717, 1.165) is 4.90 Å². The molecule has 40 heavy (non-hydrogen) atoms. The molecule has 7 nitrogen and oxygen atoms in total. The summed E-state index contributed by atoms with van der Waals surface area (Å²) in [5, 5.41) is 8.88. The lowest BCUT2D eigenvalue weighted by Crippen LogP contribution is -2.30. The number of thioether (sulfide) groups is 1. The number of methoxy groups -OCH3 is 1. The second-order valence-corrected chi connectivity index (χ2v) is 9.97. The van der Waals surface area contributed by atoms with Crippen LogP contribution >= 0.6 is 23.4 Å². The zero-order valence-corrected chi connectivity index (χ0v) is 23.1. The number of carbonyl (C=O) groups is 3. The smallest absolute Gasteiger partial charge is 0.272 e. The summed E-state index contributed by atoms with van der Waals surface area (Å²) in [4.78, 5) is 39.4. The summed E-state index contributed by atoms with van der Waals surface area (Å²) in [7, 11) is 1.57. The van der Waals surface area contributed by atoms with Crippen molar-refractivity contribution < 1.29 is 19.1 Å². The normalized spacial score (nSPS) is 10.9. The highest BCUT2D eigenvalue weighted by atomic mass is 35.5. The molecule has 0 saturated heterocycles. The lowest BCUT2D eigenvalue weighted by molar-refractivity contribution is -0.114. The van der Waals surface area contributed by atoms with Crippen molar-refractivity contribution in [1.29, 1.82) is 0 Å². The molecule has 4 rings (SSSR count). The molecule has 3 N–H and O–H groups in total. The Kier molecular flexibility index (Phi) is 9.99. The maximum atomic E-state index is 13.3. The molecule has 0 atom stereocenters. The van der Waals surface area contributed by atoms with Gasteiger partial charge in [0.2, 0.25) is 5.91 Å². The molecule has 0 aliphatic rings. The van der Waals surface area contributed by atoms with Gasteiger partial charge in [0.05, 0.1) is 12.9 Å². The monoisotopic (exact) mass is 571 g/mol. The average Bonchev–Trinajstić information content (AvgIpc) is 2.96. The first-order valence-corrected chi connectivity index (χ1v) is 13.6. The van der Waals surface area contributed by atoms with Gasteiger partial charge in [0.1, 0.15) is 11.4 Å². The molecule has 0 bridgehead atoms. The van der Waals surface area contributed by atoms with Crippen molar-refractivity contribution in [2.45, 2.75) is 4.90 Å². The van der Waals surface area contributed by atoms with E-state index in [2.05, 4.69) is 16.0 Å². The molecular formula is C31H26ClN3O4S. The van der Waals surface area contributed by atoms with Gasteiger partial charge in [-0.15, -0.1) is 11.8 Å².